The van der Waals surface area contributed by atoms with E-state index in [4.69, 9.17) is 5.73 Å². The zero-order valence-corrected chi connectivity index (χ0v) is 13.1. The van der Waals surface area contributed by atoms with Crippen molar-refractivity contribution in [1.29, 1.82) is 0 Å². The molecule has 4 rings (SSSR count). The first-order valence-corrected chi connectivity index (χ1v) is 9.22. The summed E-state index contributed by atoms with van der Waals surface area (Å²) < 4.78 is 0. The van der Waals surface area contributed by atoms with Crippen molar-refractivity contribution >= 4 is 0 Å². The molecule has 4 aliphatic carbocycles. The zero-order valence-electron chi connectivity index (χ0n) is 13.1. The van der Waals surface area contributed by atoms with Gasteiger partial charge in [-0.15, -0.1) is 0 Å². The van der Waals surface area contributed by atoms with Gasteiger partial charge in [0.25, 0.3) is 0 Å². The molecular formula is C18H32N2. The van der Waals surface area contributed by atoms with Crippen LogP contribution in [0.2, 0.25) is 0 Å². The standard InChI is InChI=1S/C18H32N2/c19-14-18(20(16-5-6-16)13-15-3-4-15)11-9-17(10-12-18)7-1-2-8-17/h15-16H,1-14,19H2. The van der Waals surface area contributed by atoms with Gasteiger partial charge in [0.05, 0.1) is 0 Å². The summed E-state index contributed by atoms with van der Waals surface area (Å²) in [6, 6.07) is 0.900. The maximum atomic E-state index is 6.35. The minimum Gasteiger partial charge on any atom is -0.329 e. The Morgan fingerprint density at radius 3 is 2.00 bits per heavy atom. The summed E-state index contributed by atoms with van der Waals surface area (Å²) in [5.74, 6) is 1.02. The van der Waals surface area contributed by atoms with E-state index in [1.54, 1.807) is 0 Å². The first kappa shape index (κ1) is 13.6. The van der Waals surface area contributed by atoms with E-state index in [-0.39, 0.29) is 0 Å². The third-order valence-electron chi connectivity index (χ3n) is 7.03. The van der Waals surface area contributed by atoms with Gasteiger partial charge in [0.1, 0.15) is 0 Å². The second-order valence-corrected chi connectivity index (χ2v) is 8.46. The fourth-order valence-electron chi connectivity index (χ4n) is 5.17. The Kier molecular flexibility index (Phi) is 3.38. The summed E-state index contributed by atoms with van der Waals surface area (Å²) in [7, 11) is 0. The van der Waals surface area contributed by atoms with Crippen molar-refractivity contribution in [2.45, 2.75) is 88.6 Å². The van der Waals surface area contributed by atoms with Crippen molar-refractivity contribution < 1.29 is 0 Å². The van der Waals surface area contributed by atoms with Crippen molar-refractivity contribution in [2.75, 3.05) is 13.1 Å². The molecule has 20 heavy (non-hydrogen) atoms. The predicted molar refractivity (Wildman–Crippen MR) is 83.6 cm³/mol. The first-order chi connectivity index (χ1) is 9.75. The Labute approximate surface area is 124 Å². The number of nitrogens with two attached hydrogens (primary N) is 1. The van der Waals surface area contributed by atoms with E-state index >= 15 is 0 Å². The molecule has 0 unspecified atom stereocenters. The van der Waals surface area contributed by atoms with Gasteiger partial charge in [-0.1, -0.05) is 12.8 Å². The number of nitrogens with zero attached hydrogens (tertiary/aromatic N) is 1. The molecule has 0 saturated heterocycles. The van der Waals surface area contributed by atoms with Crippen LogP contribution in [0.15, 0.2) is 0 Å². The van der Waals surface area contributed by atoms with Crippen molar-refractivity contribution in [1.82, 2.24) is 4.90 Å². The van der Waals surface area contributed by atoms with E-state index in [9.17, 15) is 0 Å². The lowest BCUT2D eigenvalue weighted by atomic mass is 9.65. The van der Waals surface area contributed by atoms with E-state index in [1.165, 1.54) is 83.6 Å². The zero-order chi connectivity index (χ0) is 13.6. The SMILES string of the molecule is NCC1(N(CC2CC2)C2CC2)CCC2(CCCC2)CC1. The molecule has 0 aliphatic heterocycles. The van der Waals surface area contributed by atoms with Crippen LogP contribution in [0.25, 0.3) is 0 Å². The van der Waals surface area contributed by atoms with Gasteiger partial charge in [0.2, 0.25) is 0 Å². The summed E-state index contributed by atoms with van der Waals surface area (Å²) in [5, 5.41) is 0. The Morgan fingerprint density at radius 2 is 1.50 bits per heavy atom. The smallest absolute Gasteiger partial charge is 0.0335 e. The van der Waals surface area contributed by atoms with E-state index < -0.39 is 0 Å². The summed E-state index contributed by atoms with van der Waals surface area (Å²) in [5.41, 5.74) is 7.48. The normalized spacial score (nSPS) is 32.1. The van der Waals surface area contributed by atoms with E-state index in [0.29, 0.717) is 5.54 Å². The third kappa shape index (κ3) is 2.43. The molecule has 0 aromatic heterocycles. The highest BCUT2D eigenvalue weighted by Gasteiger charge is 2.50. The van der Waals surface area contributed by atoms with Gasteiger partial charge >= 0.3 is 0 Å². The Bertz CT molecular complexity index is 340. The summed E-state index contributed by atoms with van der Waals surface area (Å²) in [4.78, 5) is 2.91. The summed E-state index contributed by atoms with van der Waals surface area (Å²) in [6.45, 7) is 2.28. The minimum atomic E-state index is 0.387. The quantitative estimate of drug-likeness (QED) is 0.829. The van der Waals surface area contributed by atoms with Crippen LogP contribution in [0, 0.1) is 11.3 Å². The molecule has 4 saturated carbocycles. The molecule has 0 heterocycles. The Balaban J connectivity index is 1.47. The van der Waals surface area contributed by atoms with Gasteiger partial charge in [-0.05, 0) is 75.5 Å². The van der Waals surface area contributed by atoms with Crippen molar-refractivity contribution in [3.05, 3.63) is 0 Å². The molecule has 2 N–H and O–H groups in total. The second kappa shape index (κ2) is 4.98. The summed E-state index contributed by atoms with van der Waals surface area (Å²) >= 11 is 0. The molecule has 114 valence electrons. The highest BCUT2D eigenvalue weighted by molar-refractivity contribution is 5.05. The van der Waals surface area contributed by atoms with Crippen LogP contribution in [-0.2, 0) is 0 Å². The van der Waals surface area contributed by atoms with Gasteiger partial charge in [-0.2, -0.15) is 0 Å². The second-order valence-electron chi connectivity index (χ2n) is 8.46. The van der Waals surface area contributed by atoms with E-state index in [0.717, 1.165) is 23.9 Å². The largest absolute Gasteiger partial charge is 0.329 e. The lowest BCUT2D eigenvalue weighted by molar-refractivity contribution is 0.00500. The molecule has 1 spiro atoms. The van der Waals surface area contributed by atoms with Crippen LogP contribution in [-0.4, -0.2) is 29.6 Å². The van der Waals surface area contributed by atoms with Gasteiger partial charge < -0.3 is 5.73 Å². The minimum absolute atomic E-state index is 0.387. The molecule has 4 aliphatic rings. The van der Waals surface area contributed by atoms with Crippen LogP contribution in [0.5, 0.6) is 0 Å². The van der Waals surface area contributed by atoms with Crippen molar-refractivity contribution in [3.63, 3.8) is 0 Å². The number of hydrogen-bond acceptors (Lipinski definition) is 2. The van der Waals surface area contributed by atoms with Gasteiger partial charge in [0.15, 0.2) is 0 Å². The van der Waals surface area contributed by atoms with Crippen LogP contribution >= 0.6 is 0 Å². The third-order valence-corrected chi connectivity index (χ3v) is 7.03. The molecule has 4 fully saturated rings. The molecule has 2 heteroatoms. The first-order valence-electron chi connectivity index (χ1n) is 9.22. The average Bonchev–Trinajstić information content (AvgIpc) is 3.39. The van der Waals surface area contributed by atoms with Gasteiger partial charge in [-0.25, -0.2) is 0 Å². The van der Waals surface area contributed by atoms with Crippen LogP contribution < -0.4 is 5.73 Å². The monoisotopic (exact) mass is 276 g/mol. The lowest BCUT2D eigenvalue weighted by Gasteiger charge is -2.51. The maximum Gasteiger partial charge on any atom is 0.0335 e. The molecular weight excluding hydrogens is 244 g/mol. The molecule has 0 aromatic carbocycles. The van der Waals surface area contributed by atoms with Crippen LogP contribution in [0.1, 0.15) is 77.0 Å². The molecule has 2 nitrogen and oxygen atoms in total. The molecule has 0 amide bonds. The summed E-state index contributed by atoms with van der Waals surface area (Å²) in [6.07, 6.45) is 17.6. The van der Waals surface area contributed by atoms with E-state index in [1.807, 2.05) is 0 Å². The highest BCUT2D eigenvalue weighted by atomic mass is 15.3. The Hall–Kier alpha value is -0.0800. The average molecular weight is 276 g/mol. The number of hydrogen-bond donors (Lipinski definition) is 1. The van der Waals surface area contributed by atoms with Crippen molar-refractivity contribution in [3.8, 4) is 0 Å². The fourth-order valence-corrected chi connectivity index (χ4v) is 5.17. The van der Waals surface area contributed by atoms with Gasteiger partial charge in [-0.3, -0.25) is 4.90 Å². The molecule has 0 aromatic rings. The molecule has 0 radical (unpaired) electrons. The van der Waals surface area contributed by atoms with Crippen LogP contribution in [0.3, 0.4) is 0 Å². The predicted octanol–water partition coefficient (Wildman–Crippen LogP) is 3.69. The topological polar surface area (TPSA) is 29.3 Å². The Morgan fingerprint density at radius 1 is 0.850 bits per heavy atom. The number of rotatable bonds is 5. The molecule has 0 bridgehead atoms. The maximum absolute atomic E-state index is 6.35. The fraction of sp³-hybridized carbons (Fsp3) is 1.00. The van der Waals surface area contributed by atoms with Crippen LogP contribution in [0.4, 0.5) is 0 Å². The van der Waals surface area contributed by atoms with Crippen molar-refractivity contribution in [2.24, 2.45) is 17.1 Å². The highest BCUT2D eigenvalue weighted by Crippen LogP contribution is 2.54. The lowest BCUT2D eigenvalue weighted by Crippen LogP contribution is -2.58. The van der Waals surface area contributed by atoms with Gasteiger partial charge in [0, 0.05) is 24.7 Å². The molecule has 0 atom stereocenters. The van der Waals surface area contributed by atoms with E-state index in [2.05, 4.69) is 4.90 Å².